The molecule has 2 atom stereocenters. The molecular weight excluding hydrogens is 416 g/mol. The minimum absolute atomic E-state index is 0.107. The number of thiocarbonyl (C=S) groups is 1. The van der Waals surface area contributed by atoms with Crippen molar-refractivity contribution in [3.8, 4) is 0 Å². The number of hydrogen-bond acceptors (Lipinski definition) is 7. The van der Waals surface area contributed by atoms with E-state index in [0.29, 0.717) is 15.1 Å². The largest absolute Gasteiger partial charge is 0.371 e. The smallest absolute Gasteiger partial charge is 0.266 e. The molecule has 1 amide bonds. The molecule has 1 N–H and O–H groups in total. The summed E-state index contributed by atoms with van der Waals surface area (Å²) in [5.41, 5.74) is 2.29. The molecule has 5 rings (SSSR count). The van der Waals surface area contributed by atoms with E-state index < -0.39 is 0 Å². The van der Waals surface area contributed by atoms with E-state index in [1.807, 2.05) is 6.08 Å². The third-order valence-corrected chi connectivity index (χ3v) is 7.80. The molecule has 2 unspecified atom stereocenters. The SMILES string of the molecule is O=C1C(=Cc2ccc(N3CCC4CCCCC4C3)cc2)SC(=S)N1Cc1nnn[nH]1. The number of aromatic nitrogens is 4. The second-order valence-corrected chi connectivity index (χ2v) is 9.92. The van der Waals surface area contributed by atoms with E-state index in [2.05, 4.69) is 49.8 Å². The molecule has 156 valence electrons. The predicted octanol–water partition coefficient (Wildman–Crippen LogP) is 3.62. The predicted molar refractivity (Wildman–Crippen MR) is 122 cm³/mol. The van der Waals surface area contributed by atoms with Crippen LogP contribution in [0.1, 0.15) is 43.5 Å². The second kappa shape index (κ2) is 8.47. The molecule has 1 aromatic carbocycles. The molecule has 0 radical (unpaired) electrons. The lowest BCUT2D eigenvalue weighted by Gasteiger charge is -2.42. The maximum atomic E-state index is 12.8. The highest BCUT2D eigenvalue weighted by Crippen LogP contribution is 2.38. The number of rotatable bonds is 4. The van der Waals surface area contributed by atoms with Gasteiger partial charge in [-0.2, -0.15) is 0 Å². The number of nitrogens with one attached hydrogen (secondary N) is 1. The first-order valence-electron chi connectivity index (χ1n) is 10.5. The van der Waals surface area contributed by atoms with Crippen LogP contribution >= 0.6 is 24.0 Å². The van der Waals surface area contributed by atoms with Crippen LogP contribution in [0.4, 0.5) is 5.69 Å². The van der Waals surface area contributed by atoms with E-state index in [-0.39, 0.29) is 12.5 Å². The lowest BCUT2D eigenvalue weighted by molar-refractivity contribution is -0.122. The minimum atomic E-state index is -0.107. The molecule has 2 aromatic rings. The van der Waals surface area contributed by atoms with E-state index in [1.165, 1.54) is 61.0 Å². The number of carbonyl (C=O) groups excluding carboxylic acids is 1. The number of aromatic amines is 1. The number of tetrazole rings is 1. The van der Waals surface area contributed by atoms with Crippen LogP contribution in [-0.4, -0.2) is 48.8 Å². The third-order valence-electron chi connectivity index (χ3n) is 6.42. The standard InChI is InChI=1S/C21H24N6OS2/c28-20-18(30-21(29)27(20)13-19-22-24-25-23-19)11-14-5-7-17(8-6-14)26-10-9-15-3-1-2-4-16(15)12-26/h5-8,11,15-16H,1-4,9-10,12-13H2,(H,22,23,24,25). The van der Waals surface area contributed by atoms with Crippen LogP contribution < -0.4 is 4.90 Å². The number of fused-ring (bicyclic) bond motifs is 1. The van der Waals surface area contributed by atoms with Crippen molar-refractivity contribution in [2.45, 2.75) is 38.6 Å². The Bertz CT molecular complexity index is 958. The Labute approximate surface area is 185 Å². The van der Waals surface area contributed by atoms with Crippen LogP contribution in [0.2, 0.25) is 0 Å². The first-order chi connectivity index (χ1) is 14.7. The third kappa shape index (κ3) is 4.00. The number of anilines is 1. The number of H-pyrrole nitrogens is 1. The van der Waals surface area contributed by atoms with E-state index in [1.54, 1.807) is 0 Å². The number of thioether (sulfide) groups is 1. The molecule has 7 nitrogen and oxygen atoms in total. The van der Waals surface area contributed by atoms with Crippen LogP contribution in [0.5, 0.6) is 0 Å². The van der Waals surface area contributed by atoms with Gasteiger partial charge in [-0.15, -0.1) is 5.10 Å². The zero-order valence-corrected chi connectivity index (χ0v) is 18.3. The second-order valence-electron chi connectivity index (χ2n) is 8.25. The lowest BCUT2D eigenvalue weighted by Crippen LogP contribution is -2.41. The Kier molecular flexibility index (Phi) is 5.56. The highest BCUT2D eigenvalue weighted by molar-refractivity contribution is 8.26. The lowest BCUT2D eigenvalue weighted by atomic mass is 9.75. The van der Waals surface area contributed by atoms with Crippen LogP contribution in [0.3, 0.4) is 0 Å². The summed E-state index contributed by atoms with van der Waals surface area (Å²) in [7, 11) is 0. The molecule has 1 saturated carbocycles. The summed E-state index contributed by atoms with van der Waals surface area (Å²) in [5.74, 6) is 2.20. The van der Waals surface area contributed by atoms with Crippen molar-refractivity contribution < 1.29 is 4.79 Å². The summed E-state index contributed by atoms with van der Waals surface area (Å²) in [6, 6.07) is 8.54. The van der Waals surface area contributed by atoms with Crippen LogP contribution in [0, 0.1) is 11.8 Å². The van der Waals surface area contributed by atoms with Crippen molar-refractivity contribution in [2.24, 2.45) is 11.8 Å². The molecule has 3 aliphatic rings. The van der Waals surface area contributed by atoms with Gasteiger partial charge in [0.2, 0.25) is 0 Å². The molecule has 2 aliphatic heterocycles. The minimum Gasteiger partial charge on any atom is -0.371 e. The number of piperidine rings is 1. The fourth-order valence-corrected chi connectivity index (χ4v) is 6.06. The maximum absolute atomic E-state index is 12.8. The Morgan fingerprint density at radius 3 is 2.73 bits per heavy atom. The monoisotopic (exact) mass is 440 g/mol. The zero-order chi connectivity index (χ0) is 20.5. The van der Waals surface area contributed by atoms with E-state index >= 15 is 0 Å². The Morgan fingerprint density at radius 1 is 1.17 bits per heavy atom. The molecule has 30 heavy (non-hydrogen) atoms. The van der Waals surface area contributed by atoms with Gasteiger partial charge in [-0.1, -0.05) is 55.4 Å². The van der Waals surface area contributed by atoms with Crippen LogP contribution in [0.25, 0.3) is 6.08 Å². The maximum Gasteiger partial charge on any atom is 0.266 e. The number of benzene rings is 1. The van der Waals surface area contributed by atoms with E-state index in [9.17, 15) is 4.79 Å². The number of carbonyl (C=O) groups is 1. The van der Waals surface area contributed by atoms with Crippen molar-refractivity contribution in [2.75, 3.05) is 18.0 Å². The summed E-state index contributed by atoms with van der Waals surface area (Å²) < 4.78 is 0.523. The summed E-state index contributed by atoms with van der Waals surface area (Å²) in [6.07, 6.45) is 8.83. The Balaban J connectivity index is 1.26. The van der Waals surface area contributed by atoms with Gasteiger partial charge < -0.3 is 4.90 Å². The van der Waals surface area contributed by atoms with Crippen LogP contribution in [0.15, 0.2) is 29.2 Å². The molecule has 9 heteroatoms. The van der Waals surface area contributed by atoms with E-state index in [0.717, 1.165) is 23.9 Å². The van der Waals surface area contributed by atoms with Gasteiger partial charge in [-0.05, 0) is 58.9 Å². The Hall–Kier alpha value is -2.26. The molecule has 0 bridgehead atoms. The van der Waals surface area contributed by atoms with E-state index in [4.69, 9.17) is 12.2 Å². The van der Waals surface area contributed by atoms with Crippen molar-refractivity contribution >= 4 is 46.0 Å². The van der Waals surface area contributed by atoms with Crippen molar-refractivity contribution in [3.05, 3.63) is 40.6 Å². The van der Waals surface area contributed by atoms with Crippen molar-refractivity contribution in [1.29, 1.82) is 0 Å². The van der Waals surface area contributed by atoms with Crippen molar-refractivity contribution in [3.63, 3.8) is 0 Å². The highest BCUT2D eigenvalue weighted by atomic mass is 32.2. The number of hydrogen-bond donors (Lipinski definition) is 1. The quantitative estimate of drug-likeness (QED) is 0.575. The van der Waals surface area contributed by atoms with Crippen LogP contribution in [-0.2, 0) is 11.3 Å². The van der Waals surface area contributed by atoms with Gasteiger partial charge in [0.25, 0.3) is 5.91 Å². The molecule has 2 saturated heterocycles. The molecule has 3 fully saturated rings. The van der Waals surface area contributed by atoms with Gasteiger partial charge in [-0.3, -0.25) is 9.69 Å². The zero-order valence-electron chi connectivity index (χ0n) is 16.7. The number of nitrogens with zero attached hydrogens (tertiary/aromatic N) is 5. The molecule has 3 heterocycles. The van der Waals surface area contributed by atoms with Gasteiger partial charge >= 0.3 is 0 Å². The molecule has 1 aliphatic carbocycles. The van der Waals surface area contributed by atoms with Gasteiger partial charge in [0.1, 0.15) is 4.32 Å². The Morgan fingerprint density at radius 2 is 1.97 bits per heavy atom. The van der Waals surface area contributed by atoms with Gasteiger partial charge in [0.15, 0.2) is 5.82 Å². The average molecular weight is 441 g/mol. The highest BCUT2D eigenvalue weighted by Gasteiger charge is 2.33. The first-order valence-corrected chi connectivity index (χ1v) is 11.7. The van der Waals surface area contributed by atoms with Gasteiger partial charge in [-0.25, -0.2) is 5.10 Å². The summed E-state index contributed by atoms with van der Waals surface area (Å²) in [5, 5.41) is 13.6. The fraction of sp³-hybridized carbons (Fsp3) is 0.476. The topological polar surface area (TPSA) is 78.0 Å². The fourth-order valence-electron chi connectivity index (χ4n) is 4.80. The van der Waals surface area contributed by atoms with Gasteiger partial charge in [0, 0.05) is 18.8 Å². The summed E-state index contributed by atoms with van der Waals surface area (Å²) >= 11 is 6.69. The average Bonchev–Trinajstić information content (AvgIpc) is 3.38. The summed E-state index contributed by atoms with van der Waals surface area (Å²) in [4.78, 5) is 17.4. The molecular formula is C21H24N6OS2. The normalized spacial score (nSPS) is 25.8. The number of amides is 1. The molecule has 0 spiro atoms. The van der Waals surface area contributed by atoms with Crippen molar-refractivity contribution in [1.82, 2.24) is 25.5 Å². The van der Waals surface area contributed by atoms with Gasteiger partial charge in [0.05, 0.1) is 11.4 Å². The summed E-state index contributed by atoms with van der Waals surface area (Å²) in [6.45, 7) is 2.58. The molecule has 1 aromatic heterocycles. The first kappa shape index (κ1) is 19.7.